The minimum absolute atomic E-state index is 1.02. The van der Waals surface area contributed by atoms with Gasteiger partial charge in [-0.05, 0) is 37.6 Å². The lowest BCUT2D eigenvalue weighted by atomic mass is 9.87. The van der Waals surface area contributed by atoms with Crippen LogP contribution < -0.4 is 0 Å². The van der Waals surface area contributed by atoms with E-state index in [2.05, 4.69) is 18.9 Å². The highest BCUT2D eigenvalue weighted by Gasteiger charge is 2.37. The zero-order chi connectivity index (χ0) is 7.14. The van der Waals surface area contributed by atoms with Crippen LogP contribution in [0.25, 0.3) is 0 Å². The Hall–Kier alpha value is -0.0400. The van der Waals surface area contributed by atoms with Crippen LogP contribution in [0.1, 0.15) is 19.8 Å². The van der Waals surface area contributed by atoms with Crippen LogP contribution in [-0.2, 0) is 0 Å². The monoisotopic (exact) mass is 139 g/mol. The lowest BCUT2D eigenvalue weighted by Crippen LogP contribution is -2.38. The second-order valence-electron chi connectivity index (χ2n) is 4.18. The summed E-state index contributed by atoms with van der Waals surface area (Å²) in [5.74, 6) is 3.09. The van der Waals surface area contributed by atoms with E-state index in [-0.39, 0.29) is 0 Å². The molecule has 0 aromatic carbocycles. The molecule has 1 saturated carbocycles. The van der Waals surface area contributed by atoms with Crippen molar-refractivity contribution in [2.45, 2.75) is 19.8 Å². The Balaban J connectivity index is 2.09. The summed E-state index contributed by atoms with van der Waals surface area (Å²) in [5, 5.41) is 0. The first-order valence-corrected chi connectivity index (χ1v) is 4.46. The molecule has 58 valence electrons. The molecule has 0 N–H and O–H groups in total. The van der Waals surface area contributed by atoms with Gasteiger partial charge in [0.1, 0.15) is 0 Å². The molecule has 2 fully saturated rings. The molecule has 1 aliphatic carbocycles. The van der Waals surface area contributed by atoms with E-state index in [0.717, 1.165) is 17.8 Å². The predicted molar refractivity (Wildman–Crippen MR) is 42.9 cm³/mol. The molecule has 1 saturated heterocycles. The maximum atomic E-state index is 2.50. The third kappa shape index (κ3) is 0.878. The van der Waals surface area contributed by atoms with Crippen LogP contribution in [0.15, 0.2) is 0 Å². The van der Waals surface area contributed by atoms with Gasteiger partial charge in [-0.1, -0.05) is 6.92 Å². The fourth-order valence-electron chi connectivity index (χ4n) is 2.73. The van der Waals surface area contributed by atoms with Crippen molar-refractivity contribution in [3.63, 3.8) is 0 Å². The Morgan fingerprint density at radius 3 is 2.10 bits per heavy atom. The minimum atomic E-state index is 1.02. The fraction of sp³-hybridized carbons (Fsp3) is 1.00. The van der Waals surface area contributed by atoms with Crippen molar-refractivity contribution in [3.8, 4) is 0 Å². The van der Waals surface area contributed by atoms with Gasteiger partial charge in [0.2, 0.25) is 0 Å². The largest absolute Gasteiger partial charge is 0.306 e. The number of piperidine rings is 1. The second-order valence-corrected chi connectivity index (χ2v) is 4.18. The summed E-state index contributed by atoms with van der Waals surface area (Å²) in [6.07, 6.45) is 2.99. The van der Waals surface area contributed by atoms with Crippen LogP contribution in [0.2, 0.25) is 0 Å². The Kier molecular flexibility index (Phi) is 1.48. The first kappa shape index (κ1) is 6.66. The average molecular weight is 139 g/mol. The third-order valence-electron chi connectivity index (χ3n) is 3.49. The van der Waals surface area contributed by atoms with Gasteiger partial charge in [0, 0.05) is 13.1 Å². The Morgan fingerprint density at radius 1 is 1.10 bits per heavy atom. The molecule has 2 aliphatic rings. The highest BCUT2D eigenvalue weighted by Crippen LogP contribution is 2.40. The lowest BCUT2D eigenvalue weighted by Gasteiger charge is -2.33. The van der Waals surface area contributed by atoms with E-state index >= 15 is 0 Å². The zero-order valence-electron chi connectivity index (χ0n) is 7.01. The van der Waals surface area contributed by atoms with Gasteiger partial charge in [0.25, 0.3) is 0 Å². The predicted octanol–water partition coefficient (Wildman–Crippen LogP) is 1.59. The molecule has 1 nitrogen and oxygen atoms in total. The molecular formula is C9H17N. The van der Waals surface area contributed by atoms with E-state index in [4.69, 9.17) is 0 Å². The molecule has 0 spiro atoms. The molecule has 0 radical (unpaired) electrons. The van der Waals surface area contributed by atoms with Crippen molar-refractivity contribution in [3.05, 3.63) is 0 Å². The van der Waals surface area contributed by atoms with Gasteiger partial charge in [-0.3, -0.25) is 0 Å². The number of nitrogens with zero attached hydrogens (tertiary/aromatic N) is 1. The third-order valence-corrected chi connectivity index (χ3v) is 3.49. The van der Waals surface area contributed by atoms with Gasteiger partial charge in [0.15, 0.2) is 0 Å². The van der Waals surface area contributed by atoms with Crippen molar-refractivity contribution in [2.75, 3.05) is 20.1 Å². The van der Waals surface area contributed by atoms with Gasteiger partial charge in [-0.15, -0.1) is 0 Å². The summed E-state index contributed by atoms with van der Waals surface area (Å²) in [5.41, 5.74) is 0. The molecule has 0 amide bonds. The molecular weight excluding hydrogens is 122 g/mol. The molecule has 1 heteroatoms. The van der Waals surface area contributed by atoms with Gasteiger partial charge in [-0.25, -0.2) is 0 Å². The van der Waals surface area contributed by atoms with E-state index < -0.39 is 0 Å². The molecule has 10 heavy (non-hydrogen) atoms. The van der Waals surface area contributed by atoms with Gasteiger partial charge in [0.05, 0.1) is 0 Å². The van der Waals surface area contributed by atoms with Crippen molar-refractivity contribution < 1.29 is 0 Å². The van der Waals surface area contributed by atoms with Crippen LogP contribution in [0.3, 0.4) is 0 Å². The molecule has 1 unspecified atom stereocenters. The summed E-state index contributed by atoms with van der Waals surface area (Å²) in [6, 6.07) is 0. The normalized spacial score (nSPS) is 48.0. The fourth-order valence-corrected chi connectivity index (χ4v) is 2.73. The van der Waals surface area contributed by atoms with E-state index in [9.17, 15) is 0 Å². The standard InChI is InChI=1S/C9H17N/c1-7-8-3-4-9(7)6-10(2)5-8/h7-9H,3-6H2,1-2H3/t7?,8-,9+. The van der Waals surface area contributed by atoms with Crippen molar-refractivity contribution in [2.24, 2.45) is 17.8 Å². The number of likely N-dealkylation sites (tertiary alicyclic amines) is 1. The zero-order valence-corrected chi connectivity index (χ0v) is 7.01. The Bertz CT molecular complexity index is 119. The SMILES string of the molecule is CC1[C@@H]2CC[C@H]1CN(C)C2. The first-order chi connectivity index (χ1) is 4.77. The van der Waals surface area contributed by atoms with Crippen LogP contribution >= 0.6 is 0 Å². The Labute approximate surface area is 63.4 Å². The number of hydrogen-bond acceptors (Lipinski definition) is 1. The topological polar surface area (TPSA) is 3.24 Å². The summed E-state index contributed by atoms with van der Waals surface area (Å²) >= 11 is 0. The van der Waals surface area contributed by atoms with Crippen molar-refractivity contribution >= 4 is 0 Å². The second kappa shape index (κ2) is 2.23. The summed E-state index contributed by atoms with van der Waals surface area (Å²) in [4.78, 5) is 2.50. The number of rotatable bonds is 0. The van der Waals surface area contributed by atoms with Crippen LogP contribution in [0.4, 0.5) is 0 Å². The molecule has 0 aromatic heterocycles. The minimum Gasteiger partial charge on any atom is -0.306 e. The summed E-state index contributed by atoms with van der Waals surface area (Å²) in [7, 11) is 2.26. The Morgan fingerprint density at radius 2 is 1.60 bits per heavy atom. The number of fused-ring (bicyclic) bond motifs is 2. The van der Waals surface area contributed by atoms with Gasteiger partial charge < -0.3 is 4.90 Å². The van der Waals surface area contributed by atoms with Crippen LogP contribution in [0, 0.1) is 17.8 Å². The van der Waals surface area contributed by atoms with Crippen molar-refractivity contribution in [1.82, 2.24) is 4.90 Å². The van der Waals surface area contributed by atoms with Crippen molar-refractivity contribution in [1.29, 1.82) is 0 Å². The van der Waals surface area contributed by atoms with Gasteiger partial charge in [-0.2, -0.15) is 0 Å². The number of hydrogen-bond donors (Lipinski definition) is 0. The molecule has 2 rings (SSSR count). The van der Waals surface area contributed by atoms with Gasteiger partial charge >= 0.3 is 0 Å². The summed E-state index contributed by atoms with van der Waals surface area (Å²) < 4.78 is 0. The maximum Gasteiger partial charge on any atom is 0.000938 e. The van der Waals surface area contributed by atoms with E-state index in [1.807, 2.05) is 0 Å². The van der Waals surface area contributed by atoms with E-state index in [0.29, 0.717) is 0 Å². The highest BCUT2D eigenvalue weighted by atomic mass is 15.1. The highest BCUT2D eigenvalue weighted by molar-refractivity contribution is 4.89. The molecule has 2 bridgehead atoms. The van der Waals surface area contributed by atoms with E-state index in [1.165, 1.54) is 25.9 Å². The van der Waals surface area contributed by atoms with Crippen LogP contribution in [-0.4, -0.2) is 25.0 Å². The average Bonchev–Trinajstić information content (AvgIpc) is 2.20. The first-order valence-electron chi connectivity index (χ1n) is 4.46. The lowest BCUT2D eigenvalue weighted by molar-refractivity contribution is 0.144. The molecule has 0 aromatic rings. The maximum absolute atomic E-state index is 2.50. The van der Waals surface area contributed by atoms with E-state index in [1.54, 1.807) is 0 Å². The quantitative estimate of drug-likeness (QED) is 0.492. The molecule has 1 heterocycles. The summed E-state index contributed by atoms with van der Waals surface area (Å²) in [6.45, 7) is 5.16. The molecule has 3 atom stereocenters. The smallest absolute Gasteiger partial charge is 0.000938 e. The molecule has 1 aliphatic heterocycles. The van der Waals surface area contributed by atoms with Crippen LogP contribution in [0.5, 0.6) is 0 Å².